The molecule has 5 nitrogen and oxygen atoms in total. The summed E-state index contributed by atoms with van der Waals surface area (Å²) in [6.07, 6.45) is -4.06. The van der Waals surface area contributed by atoms with Gasteiger partial charge in [0.2, 0.25) is 5.91 Å². The zero-order chi connectivity index (χ0) is 12.1. The van der Waals surface area contributed by atoms with Gasteiger partial charge in [-0.1, -0.05) is 0 Å². The second-order valence-corrected chi connectivity index (χ2v) is 5.07. The van der Waals surface area contributed by atoms with E-state index in [0.717, 1.165) is 6.26 Å². The molecule has 1 amide bonds. The van der Waals surface area contributed by atoms with E-state index in [1.165, 1.54) is 5.48 Å². The van der Waals surface area contributed by atoms with Gasteiger partial charge in [-0.2, -0.15) is 13.2 Å². The largest absolute Gasteiger partial charge is 0.414 e. The first-order valence-electron chi connectivity index (χ1n) is 3.75. The van der Waals surface area contributed by atoms with Gasteiger partial charge in [-0.15, -0.1) is 0 Å². The molecule has 0 atom stereocenters. The minimum Gasteiger partial charge on any atom is -0.273 e. The number of amides is 1. The summed E-state index contributed by atoms with van der Waals surface area (Å²) in [6, 6.07) is 0. The number of nitrogens with one attached hydrogen (secondary N) is 1. The van der Waals surface area contributed by atoms with Gasteiger partial charge in [-0.05, 0) is 0 Å². The van der Waals surface area contributed by atoms with Crippen LogP contribution in [0.1, 0.15) is 6.42 Å². The third kappa shape index (κ3) is 11.1. The van der Waals surface area contributed by atoms with Gasteiger partial charge in [0.1, 0.15) is 9.84 Å². The Morgan fingerprint density at radius 1 is 1.40 bits per heavy atom. The fraction of sp³-hybridized carbons (Fsp3) is 0.833. The summed E-state index contributed by atoms with van der Waals surface area (Å²) < 4.78 is 55.7. The fourth-order valence-corrected chi connectivity index (χ4v) is 1.08. The summed E-state index contributed by atoms with van der Waals surface area (Å²) in [5, 5.41) is 0. The standard InChI is InChI=1S/C6H10F3NO4S/c1-15(12,13)3-2-5(11)10-14-4-6(7,8)9/h2-4H2,1H3,(H,10,11). The molecule has 15 heavy (non-hydrogen) atoms. The third-order valence-corrected chi connectivity index (χ3v) is 2.07. The number of hydrogen-bond acceptors (Lipinski definition) is 4. The molecule has 0 unspecified atom stereocenters. The number of halogens is 3. The maximum absolute atomic E-state index is 11.5. The molecule has 9 heteroatoms. The zero-order valence-electron chi connectivity index (χ0n) is 7.80. The number of sulfone groups is 1. The molecule has 0 aliphatic rings. The Bertz CT molecular complexity index is 311. The van der Waals surface area contributed by atoms with E-state index in [0.29, 0.717) is 0 Å². The fourth-order valence-electron chi connectivity index (χ4n) is 0.528. The maximum atomic E-state index is 11.5. The molecule has 0 spiro atoms. The van der Waals surface area contributed by atoms with E-state index in [1.54, 1.807) is 0 Å². The van der Waals surface area contributed by atoms with Gasteiger partial charge in [0, 0.05) is 12.7 Å². The molecule has 0 aromatic heterocycles. The first kappa shape index (κ1) is 14.2. The Morgan fingerprint density at radius 2 is 1.93 bits per heavy atom. The maximum Gasteiger partial charge on any atom is 0.414 e. The van der Waals surface area contributed by atoms with Gasteiger partial charge >= 0.3 is 6.18 Å². The topological polar surface area (TPSA) is 72.5 Å². The zero-order valence-corrected chi connectivity index (χ0v) is 8.61. The number of alkyl halides is 3. The normalized spacial score (nSPS) is 12.5. The van der Waals surface area contributed by atoms with E-state index >= 15 is 0 Å². The molecular formula is C6H10F3NO4S. The van der Waals surface area contributed by atoms with Crippen molar-refractivity contribution in [1.82, 2.24) is 5.48 Å². The van der Waals surface area contributed by atoms with Gasteiger partial charge in [0.05, 0.1) is 5.75 Å². The van der Waals surface area contributed by atoms with Gasteiger partial charge in [0.25, 0.3) is 0 Å². The van der Waals surface area contributed by atoms with Crippen molar-refractivity contribution in [2.24, 2.45) is 0 Å². The molecule has 0 aliphatic heterocycles. The Balaban J connectivity index is 3.69. The minimum absolute atomic E-state index is 0.434. The summed E-state index contributed by atoms with van der Waals surface area (Å²) >= 11 is 0. The molecule has 0 rings (SSSR count). The van der Waals surface area contributed by atoms with Crippen molar-refractivity contribution >= 4 is 15.7 Å². The van der Waals surface area contributed by atoms with Crippen LogP contribution in [0.25, 0.3) is 0 Å². The van der Waals surface area contributed by atoms with Crippen LogP contribution in [0, 0.1) is 0 Å². The Kier molecular flexibility index (Phi) is 5.01. The van der Waals surface area contributed by atoms with Crippen molar-refractivity contribution in [3.63, 3.8) is 0 Å². The molecular weight excluding hydrogens is 239 g/mol. The molecule has 1 N–H and O–H groups in total. The highest BCUT2D eigenvalue weighted by molar-refractivity contribution is 7.90. The van der Waals surface area contributed by atoms with E-state index in [2.05, 4.69) is 4.84 Å². The summed E-state index contributed by atoms with van der Waals surface area (Å²) in [7, 11) is -3.31. The first-order chi connectivity index (χ1) is 6.60. The van der Waals surface area contributed by atoms with Crippen LogP contribution >= 0.6 is 0 Å². The van der Waals surface area contributed by atoms with E-state index in [-0.39, 0.29) is 0 Å². The lowest BCUT2D eigenvalue weighted by Gasteiger charge is -2.07. The molecule has 0 saturated carbocycles. The average molecular weight is 249 g/mol. The van der Waals surface area contributed by atoms with E-state index in [9.17, 15) is 26.4 Å². The van der Waals surface area contributed by atoms with Crippen LogP contribution in [0.5, 0.6) is 0 Å². The summed E-state index contributed by atoms with van der Waals surface area (Å²) in [5.41, 5.74) is 1.49. The summed E-state index contributed by atoms with van der Waals surface area (Å²) in [5.74, 6) is -1.35. The van der Waals surface area contributed by atoms with Crippen LogP contribution in [-0.2, 0) is 19.5 Å². The van der Waals surface area contributed by atoms with Gasteiger partial charge in [-0.25, -0.2) is 13.9 Å². The Labute approximate surface area is 84.5 Å². The van der Waals surface area contributed by atoms with Crippen molar-refractivity contribution in [3.05, 3.63) is 0 Å². The van der Waals surface area contributed by atoms with E-state index in [4.69, 9.17) is 0 Å². The third-order valence-electron chi connectivity index (χ3n) is 1.12. The van der Waals surface area contributed by atoms with Crippen molar-refractivity contribution in [2.75, 3.05) is 18.6 Å². The summed E-state index contributed by atoms with van der Waals surface area (Å²) in [6.45, 7) is -1.61. The molecule has 90 valence electrons. The predicted octanol–water partition coefficient (Wildman–Crippen LogP) is 0.0312. The van der Waals surface area contributed by atoms with Crippen LogP contribution in [-0.4, -0.2) is 39.1 Å². The second-order valence-electron chi connectivity index (χ2n) is 2.81. The molecule has 0 aliphatic carbocycles. The van der Waals surface area contributed by atoms with Crippen molar-refractivity contribution in [1.29, 1.82) is 0 Å². The van der Waals surface area contributed by atoms with E-state index < -0.39 is 40.7 Å². The lowest BCUT2D eigenvalue weighted by molar-refractivity contribution is -0.191. The average Bonchev–Trinajstić information content (AvgIpc) is 1.97. The van der Waals surface area contributed by atoms with Crippen LogP contribution in [0.2, 0.25) is 0 Å². The first-order valence-corrected chi connectivity index (χ1v) is 5.81. The second kappa shape index (κ2) is 5.31. The Morgan fingerprint density at radius 3 is 2.33 bits per heavy atom. The molecule has 0 aromatic carbocycles. The summed E-state index contributed by atoms with van der Waals surface area (Å²) in [4.78, 5) is 14.5. The number of hydrogen-bond donors (Lipinski definition) is 1. The lowest BCUT2D eigenvalue weighted by Crippen LogP contribution is -2.30. The van der Waals surface area contributed by atoms with Gasteiger partial charge in [0.15, 0.2) is 6.61 Å². The monoisotopic (exact) mass is 249 g/mol. The van der Waals surface area contributed by atoms with Crippen LogP contribution in [0.4, 0.5) is 13.2 Å². The SMILES string of the molecule is CS(=O)(=O)CCC(=O)NOCC(F)(F)F. The highest BCUT2D eigenvalue weighted by atomic mass is 32.2. The predicted molar refractivity (Wildman–Crippen MR) is 44.5 cm³/mol. The van der Waals surface area contributed by atoms with E-state index in [1.807, 2.05) is 0 Å². The Hall–Kier alpha value is -0.830. The quantitative estimate of drug-likeness (QED) is 0.698. The van der Waals surface area contributed by atoms with Crippen molar-refractivity contribution in [2.45, 2.75) is 12.6 Å². The van der Waals surface area contributed by atoms with Crippen LogP contribution in [0.3, 0.4) is 0 Å². The molecule has 0 aromatic rings. The molecule has 0 radical (unpaired) electrons. The van der Waals surface area contributed by atoms with Gasteiger partial charge in [-0.3, -0.25) is 9.63 Å². The van der Waals surface area contributed by atoms with Crippen molar-refractivity contribution < 1.29 is 31.2 Å². The van der Waals surface area contributed by atoms with Crippen LogP contribution in [0.15, 0.2) is 0 Å². The van der Waals surface area contributed by atoms with Crippen LogP contribution < -0.4 is 5.48 Å². The number of hydroxylamine groups is 1. The number of carbonyl (C=O) groups is 1. The van der Waals surface area contributed by atoms with Crippen molar-refractivity contribution in [3.8, 4) is 0 Å². The smallest absolute Gasteiger partial charge is 0.273 e. The van der Waals surface area contributed by atoms with Gasteiger partial charge < -0.3 is 0 Å². The molecule has 0 saturated heterocycles. The number of carbonyl (C=O) groups excluding carboxylic acids is 1. The minimum atomic E-state index is -4.54. The highest BCUT2D eigenvalue weighted by Gasteiger charge is 2.28. The molecule has 0 bridgehead atoms. The highest BCUT2D eigenvalue weighted by Crippen LogP contribution is 2.13. The molecule has 0 heterocycles. The molecule has 0 fully saturated rings. The lowest BCUT2D eigenvalue weighted by atomic mass is 10.5. The number of rotatable bonds is 5.